The van der Waals surface area contributed by atoms with Gasteiger partial charge in [-0.3, -0.25) is 24.6 Å². The standard InChI is InChI=1S/C26H25N3O4/c1-18-16-25(30)28(26(18)31)21-12-13-23(24(17-21)29(32)33)27-15-14-22(19-8-4-2-5-9-19)20-10-6-3-7-11-20/h2-13,17-18,22,27H,14-16H2,1H3. The maximum Gasteiger partial charge on any atom is 0.294 e. The summed E-state index contributed by atoms with van der Waals surface area (Å²) >= 11 is 0. The Morgan fingerprint density at radius 1 is 1.00 bits per heavy atom. The zero-order valence-electron chi connectivity index (χ0n) is 18.3. The van der Waals surface area contributed by atoms with Gasteiger partial charge in [0.2, 0.25) is 11.8 Å². The molecule has 7 heteroatoms. The van der Waals surface area contributed by atoms with E-state index in [0.717, 1.165) is 11.3 Å². The SMILES string of the molecule is CC1CC(=O)N(c2ccc(NCCC(c3ccccc3)c3ccccc3)c([N+](=O)[O-])c2)C1=O. The van der Waals surface area contributed by atoms with Gasteiger partial charge in [-0.05, 0) is 29.7 Å². The third-order valence-corrected chi connectivity index (χ3v) is 5.96. The molecule has 4 rings (SSSR count). The molecule has 1 aliphatic heterocycles. The molecule has 168 valence electrons. The Balaban J connectivity index is 1.53. The highest BCUT2D eigenvalue weighted by Crippen LogP contribution is 2.34. The van der Waals surface area contributed by atoms with Crippen molar-refractivity contribution in [3.8, 4) is 0 Å². The molecule has 1 aliphatic rings. The summed E-state index contributed by atoms with van der Waals surface area (Å²) in [5.41, 5.74) is 2.78. The summed E-state index contributed by atoms with van der Waals surface area (Å²) in [6.45, 7) is 2.19. The van der Waals surface area contributed by atoms with E-state index in [1.807, 2.05) is 36.4 Å². The first-order valence-electron chi connectivity index (χ1n) is 10.9. The number of nitro groups is 1. The summed E-state index contributed by atoms with van der Waals surface area (Å²) in [7, 11) is 0. The van der Waals surface area contributed by atoms with E-state index in [1.54, 1.807) is 19.1 Å². The van der Waals surface area contributed by atoms with E-state index in [4.69, 9.17) is 0 Å². The summed E-state index contributed by atoms with van der Waals surface area (Å²) in [5, 5.41) is 14.9. The molecular formula is C26H25N3O4. The molecule has 1 atom stereocenters. The van der Waals surface area contributed by atoms with Crippen LogP contribution in [0, 0.1) is 16.0 Å². The van der Waals surface area contributed by atoms with Crippen LogP contribution in [0.2, 0.25) is 0 Å². The van der Waals surface area contributed by atoms with Crippen molar-refractivity contribution in [1.82, 2.24) is 0 Å². The van der Waals surface area contributed by atoms with E-state index in [1.165, 1.54) is 17.2 Å². The lowest BCUT2D eigenvalue weighted by Crippen LogP contribution is -2.30. The lowest BCUT2D eigenvalue weighted by Gasteiger charge is -2.19. The van der Waals surface area contributed by atoms with Gasteiger partial charge in [0, 0.05) is 30.9 Å². The van der Waals surface area contributed by atoms with Gasteiger partial charge in [-0.15, -0.1) is 0 Å². The number of hydrogen-bond donors (Lipinski definition) is 1. The lowest BCUT2D eigenvalue weighted by atomic mass is 9.88. The fourth-order valence-electron chi connectivity index (χ4n) is 4.26. The van der Waals surface area contributed by atoms with Crippen molar-refractivity contribution in [2.45, 2.75) is 25.7 Å². The molecule has 0 radical (unpaired) electrons. The smallest absolute Gasteiger partial charge is 0.294 e. The molecule has 0 aliphatic carbocycles. The number of amides is 2. The molecule has 33 heavy (non-hydrogen) atoms. The van der Waals surface area contributed by atoms with Crippen LogP contribution in [0.5, 0.6) is 0 Å². The third-order valence-electron chi connectivity index (χ3n) is 5.96. The number of imide groups is 1. The van der Waals surface area contributed by atoms with Gasteiger partial charge in [0.1, 0.15) is 5.69 Å². The molecule has 3 aromatic carbocycles. The summed E-state index contributed by atoms with van der Waals surface area (Å²) in [4.78, 5) is 36.8. The van der Waals surface area contributed by atoms with Crippen molar-refractivity contribution in [2.24, 2.45) is 5.92 Å². The van der Waals surface area contributed by atoms with Gasteiger partial charge in [-0.25, -0.2) is 0 Å². The minimum Gasteiger partial charge on any atom is -0.379 e. The van der Waals surface area contributed by atoms with Crippen LogP contribution < -0.4 is 10.2 Å². The molecule has 1 heterocycles. The Morgan fingerprint density at radius 3 is 2.12 bits per heavy atom. The molecule has 0 aromatic heterocycles. The fraction of sp³-hybridized carbons (Fsp3) is 0.231. The number of hydrogen-bond acceptors (Lipinski definition) is 5. The van der Waals surface area contributed by atoms with Crippen molar-refractivity contribution >= 4 is 28.9 Å². The van der Waals surface area contributed by atoms with Crippen LogP contribution in [0.4, 0.5) is 17.1 Å². The highest BCUT2D eigenvalue weighted by Gasteiger charge is 2.37. The van der Waals surface area contributed by atoms with Crippen LogP contribution in [-0.2, 0) is 9.59 Å². The number of nitro benzene ring substituents is 1. The van der Waals surface area contributed by atoms with Crippen molar-refractivity contribution in [2.75, 3.05) is 16.8 Å². The van der Waals surface area contributed by atoms with Crippen LogP contribution in [0.25, 0.3) is 0 Å². The molecule has 2 amide bonds. The second-order valence-electron chi connectivity index (χ2n) is 8.22. The molecular weight excluding hydrogens is 418 g/mol. The van der Waals surface area contributed by atoms with Gasteiger partial charge < -0.3 is 5.32 Å². The van der Waals surface area contributed by atoms with E-state index < -0.39 is 10.8 Å². The number of benzene rings is 3. The second-order valence-corrected chi connectivity index (χ2v) is 8.22. The molecule has 7 nitrogen and oxygen atoms in total. The Hall–Kier alpha value is -4.00. The van der Waals surface area contributed by atoms with Crippen LogP contribution in [0.1, 0.15) is 36.8 Å². The largest absolute Gasteiger partial charge is 0.379 e. The van der Waals surface area contributed by atoms with E-state index in [9.17, 15) is 19.7 Å². The van der Waals surface area contributed by atoms with Crippen LogP contribution in [0.3, 0.4) is 0 Å². The van der Waals surface area contributed by atoms with Crippen molar-refractivity contribution in [3.05, 3.63) is 100 Å². The van der Waals surface area contributed by atoms with E-state index in [2.05, 4.69) is 29.6 Å². The highest BCUT2D eigenvalue weighted by atomic mass is 16.6. The summed E-state index contributed by atoms with van der Waals surface area (Å²) in [6, 6.07) is 24.7. The molecule has 1 N–H and O–H groups in total. The maximum atomic E-state index is 12.3. The number of carbonyl (C=O) groups is 2. The molecule has 0 spiro atoms. The molecule has 3 aromatic rings. The minimum atomic E-state index is -0.494. The second kappa shape index (κ2) is 9.65. The number of rotatable bonds is 8. The number of nitrogens with one attached hydrogen (secondary N) is 1. The van der Waals surface area contributed by atoms with Crippen molar-refractivity contribution in [3.63, 3.8) is 0 Å². The maximum absolute atomic E-state index is 12.3. The monoisotopic (exact) mass is 443 g/mol. The molecule has 1 unspecified atom stereocenters. The molecule has 0 bridgehead atoms. The summed E-state index contributed by atoms with van der Waals surface area (Å²) in [5.74, 6) is -0.943. The topological polar surface area (TPSA) is 92.6 Å². The van der Waals surface area contributed by atoms with Gasteiger partial charge in [-0.1, -0.05) is 67.6 Å². The molecule has 0 saturated carbocycles. The Bertz CT molecular complexity index is 1130. The van der Waals surface area contributed by atoms with Crippen molar-refractivity contribution in [1.29, 1.82) is 0 Å². The van der Waals surface area contributed by atoms with Crippen LogP contribution >= 0.6 is 0 Å². The van der Waals surface area contributed by atoms with Gasteiger partial charge in [-0.2, -0.15) is 0 Å². The number of anilines is 2. The minimum absolute atomic E-state index is 0.118. The van der Waals surface area contributed by atoms with Gasteiger partial charge in [0.25, 0.3) is 5.69 Å². The zero-order valence-corrected chi connectivity index (χ0v) is 18.3. The predicted molar refractivity (Wildman–Crippen MR) is 127 cm³/mol. The van der Waals surface area contributed by atoms with Crippen LogP contribution in [0.15, 0.2) is 78.9 Å². The van der Waals surface area contributed by atoms with E-state index >= 15 is 0 Å². The molecule has 1 saturated heterocycles. The highest BCUT2D eigenvalue weighted by molar-refractivity contribution is 6.21. The van der Waals surface area contributed by atoms with Gasteiger partial charge in [0.15, 0.2) is 0 Å². The quantitative estimate of drug-likeness (QED) is 0.296. The number of nitrogens with zero attached hydrogens (tertiary/aromatic N) is 2. The predicted octanol–water partition coefficient (Wildman–Crippen LogP) is 5.13. The Labute approximate surface area is 192 Å². The summed E-state index contributed by atoms with van der Waals surface area (Å²) in [6.07, 6.45) is 0.848. The van der Waals surface area contributed by atoms with Crippen molar-refractivity contribution < 1.29 is 14.5 Å². The third kappa shape index (κ3) is 4.77. The van der Waals surface area contributed by atoms with Gasteiger partial charge >= 0.3 is 0 Å². The fourth-order valence-corrected chi connectivity index (χ4v) is 4.26. The first kappa shape index (κ1) is 22.2. The first-order valence-corrected chi connectivity index (χ1v) is 10.9. The zero-order chi connectivity index (χ0) is 23.4. The molecule has 1 fully saturated rings. The normalized spacial score (nSPS) is 15.8. The Morgan fingerprint density at radius 2 is 1.61 bits per heavy atom. The van der Waals surface area contributed by atoms with E-state index in [0.29, 0.717) is 12.2 Å². The van der Waals surface area contributed by atoms with Gasteiger partial charge in [0.05, 0.1) is 10.6 Å². The van der Waals surface area contributed by atoms with E-state index in [-0.39, 0.29) is 35.5 Å². The Kier molecular flexibility index (Phi) is 6.49. The lowest BCUT2D eigenvalue weighted by molar-refractivity contribution is -0.383. The summed E-state index contributed by atoms with van der Waals surface area (Å²) < 4.78 is 0. The number of carbonyl (C=O) groups excluding carboxylic acids is 2. The first-order chi connectivity index (χ1) is 16.0. The average molecular weight is 444 g/mol. The van der Waals surface area contributed by atoms with Crippen LogP contribution in [-0.4, -0.2) is 23.3 Å². The average Bonchev–Trinajstić information content (AvgIpc) is 3.09.